The van der Waals surface area contributed by atoms with E-state index in [0.717, 1.165) is 0 Å². The van der Waals surface area contributed by atoms with Gasteiger partial charge >= 0.3 is 0 Å². The second kappa shape index (κ2) is 3.63. The molecule has 0 aliphatic rings. The van der Waals surface area contributed by atoms with E-state index in [1.54, 1.807) is 12.4 Å². The molecule has 1 aromatic heterocycles. The van der Waals surface area contributed by atoms with E-state index in [1.165, 1.54) is 14.2 Å². The first kappa shape index (κ1) is 8.41. The van der Waals surface area contributed by atoms with Gasteiger partial charge in [-0.05, 0) is 0 Å². The Bertz CT molecular complexity index is 293. The topological polar surface area (TPSA) is 31.4 Å². The molecular formula is C9H9NO2. The van der Waals surface area contributed by atoms with Crippen molar-refractivity contribution in [3.05, 3.63) is 18.0 Å². The smallest absolute Gasteiger partial charge is 0.156 e. The van der Waals surface area contributed by atoms with Gasteiger partial charge in [-0.1, -0.05) is 5.92 Å². The zero-order valence-corrected chi connectivity index (χ0v) is 7.00. The van der Waals surface area contributed by atoms with Crippen molar-refractivity contribution in [1.82, 2.24) is 4.98 Å². The lowest BCUT2D eigenvalue weighted by Gasteiger charge is -2.06. The number of methoxy groups -OCH3 is 2. The van der Waals surface area contributed by atoms with Crippen molar-refractivity contribution in [2.24, 2.45) is 0 Å². The van der Waals surface area contributed by atoms with Gasteiger partial charge in [0, 0.05) is 0 Å². The van der Waals surface area contributed by atoms with E-state index in [9.17, 15) is 0 Å². The van der Waals surface area contributed by atoms with Crippen LogP contribution in [0.15, 0.2) is 12.4 Å². The summed E-state index contributed by atoms with van der Waals surface area (Å²) in [7, 11) is 3.08. The molecule has 0 bridgehead atoms. The Kier molecular flexibility index (Phi) is 2.54. The second-order valence-corrected chi connectivity index (χ2v) is 2.06. The summed E-state index contributed by atoms with van der Waals surface area (Å²) in [5.74, 6) is 3.58. The molecule has 3 nitrogen and oxygen atoms in total. The largest absolute Gasteiger partial charge is 0.494 e. The van der Waals surface area contributed by atoms with Gasteiger partial charge in [-0.3, -0.25) is 4.98 Å². The number of ether oxygens (including phenoxy) is 2. The summed E-state index contributed by atoms with van der Waals surface area (Å²) in [4.78, 5) is 3.89. The van der Waals surface area contributed by atoms with Crippen LogP contribution in [-0.4, -0.2) is 19.2 Å². The molecule has 3 heteroatoms. The third-order valence-electron chi connectivity index (χ3n) is 1.46. The molecule has 1 aromatic rings. The summed E-state index contributed by atoms with van der Waals surface area (Å²) in [5.41, 5.74) is 0.593. The lowest BCUT2D eigenvalue weighted by atomic mass is 10.2. The molecular weight excluding hydrogens is 154 g/mol. The molecule has 0 aliphatic carbocycles. The molecule has 0 fully saturated rings. The highest BCUT2D eigenvalue weighted by Crippen LogP contribution is 2.24. The number of terminal acetylenes is 1. The Morgan fingerprint density at radius 2 is 1.75 bits per heavy atom. The van der Waals surface area contributed by atoms with Crippen LogP contribution in [0.5, 0.6) is 11.5 Å². The lowest BCUT2D eigenvalue weighted by molar-refractivity contribution is 0.389. The Morgan fingerprint density at radius 1 is 1.25 bits per heavy atom. The van der Waals surface area contributed by atoms with Crippen LogP contribution in [0.2, 0.25) is 0 Å². The Balaban J connectivity index is 3.25. The average molecular weight is 163 g/mol. The SMILES string of the molecule is C#Cc1c(OC)cncc1OC. The van der Waals surface area contributed by atoms with E-state index in [-0.39, 0.29) is 0 Å². The number of rotatable bonds is 2. The molecule has 0 amide bonds. The van der Waals surface area contributed by atoms with Gasteiger partial charge in [-0.15, -0.1) is 6.42 Å². The fourth-order valence-corrected chi connectivity index (χ4v) is 0.875. The number of nitrogens with zero attached hydrogens (tertiary/aromatic N) is 1. The maximum Gasteiger partial charge on any atom is 0.156 e. The summed E-state index contributed by atoms with van der Waals surface area (Å²) >= 11 is 0. The predicted octanol–water partition coefficient (Wildman–Crippen LogP) is 1.08. The molecule has 0 saturated carbocycles. The highest BCUT2D eigenvalue weighted by Gasteiger charge is 2.06. The molecule has 0 unspecified atom stereocenters. The van der Waals surface area contributed by atoms with Gasteiger partial charge in [-0.25, -0.2) is 0 Å². The summed E-state index contributed by atoms with van der Waals surface area (Å²) in [6.07, 6.45) is 8.37. The van der Waals surface area contributed by atoms with E-state index in [0.29, 0.717) is 17.1 Å². The van der Waals surface area contributed by atoms with Crippen molar-refractivity contribution >= 4 is 0 Å². The van der Waals surface area contributed by atoms with Gasteiger partial charge in [0.25, 0.3) is 0 Å². The fourth-order valence-electron chi connectivity index (χ4n) is 0.875. The molecule has 62 valence electrons. The van der Waals surface area contributed by atoms with Crippen molar-refractivity contribution in [2.45, 2.75) is 0 Å². The first-order valence-electron chi connectivity index (χ1n) is 3.36. The van der Waals surface area contributed by atoms with Crippen molar-refractivity contribution in [3.63, 3.8) is 0 Å². The minimum Gasteiger partial charge on any atom is -0.494 e. The number of hydrogen-bond acceptors (Lipinski definition) is 3. The summed E-state index contributed by atoms with van der Waals surface area (Å²) in [6.45, 7) is 0. The molecule has 0 radical (unpaired) electrons. The monoisotopic (exact) mass is 163 g/mol. The van der Waals surface area contributed by atoms with Crippen LogP contribution in [0.1, 0.15) is 5.56 Å². The first-order chi connectivity index (χ1) is 5.83. The van der Waals surface area contributed by atoms with E-state index >= 15 is 0 Å². The normalized spacial score (nSPS) is 8.75. The second-order valence-electron chi connectivity index (χ2n) is 2.06. The van der Waals surface area contributed by atoms with Gasteiger partial charge in [-0.2, -0.15) is 0 Å². The van der Waals surface area contributed by atoms with E-state index in [2.05, 4.69) is 10.9 Å². The van der Waals surface area contributed by atoms with Crippen molar-refractivity contribution in [1.29, 1.82) is 0 Å². The Hall–Kier alpha value is -1.69. The number of aromatic nitrogens is 1. The molecule has 0 N–H and O–H groups in total. The third kappa shape index (κ3) is 1.32. The zero-order valence-electron chi connectivity index (χ0n) is 7.00. The minimum atomic E-state index is 0.553. The van der Waals surface area contributed by atoms with Crippen LogP contribution in [0.3, 0.4) is 0 Å². The molecule has 1 rings (SSSR count). The highest BCUT2D eigenvalue weighted by atomic mass is 16.5. The average Bonchev–Trinajstić information content (AvgIpc) is 2.16. The molecule has 0 atom stereocenters. The van der Waals surface area contributed by atoms with Crippen LogP contribution in [0.4, 0.5) is 0 Å². The summed E-state index contributed by atoms with van der Waals surface area (Å²) in [5, 5.41) is 0. The van der Waals surface area contributed by atoms with Crippen molar-refractivity contribution < 1.29 is 9.47 Å². The van der Waals surface area contributed by atoms with E-state index < -0.39 is 0 Å². The summed E-state index contributed by atoms with van der Waals surface area (Å²) in [6, 6.07) is 0. The van der Waals surface area contributed by atoms with Crippen LogP contribution in [0, 0.1) is 12.3 Å². The van der Waals surface area contributed by atoms with Crippen molar-refractivity contribution in [3.8, 4) is 23.8 Å². The Morgan fingerprint density at radius 3 is 2.08 bits per heavy atom. The summed E-state index contributed by atoms with van der Waals surface area (Å²) < 4.78 is 9.99. The number of hydrogen-bond donors (Lipinski definition) is 0. The molecule has 0 spiro atoms. The molecule has 0 aliphatic heterocycles. The van der Waals surface area contributed by atoms with Crippen LogP contribution in [-0.2, 0) is 0 Å². The lowest BCUT2D eigenvalue weighted by Crippen LogP contribution is -1.93. The fraction of sp³-hybridized carbons (Fsp3) is 0.222. The van der Waals surface area contributed by atoms with Gasteiger partial charge in [0.15, 0.2) is 11.5 Å². The van der Waals surface area contributed by atoms with Crippen LogP contribution in [0.25, 0.3) is 0 Å². The quantitative estimate of drug-likeness (QED) is 0.611. The molecule has 0 aromatic carbocycles. The standard InChI is InChI=1S/C9H9NO2/c1-4-7-8(11-2)5-10-6-9(7)12-3/h1,5-6H,2-3H3. The van der Waals surface area contributed by atoms with Crippen LogP contribution < -0.4 is 9.47 Å². The zero-order chi connectivity index (χ0) is 8.97. The van der Waals surface area contributed by atoms with E-state index in [1.807, 2.05) is 0 Å². The van der Waals surface area contributed by atoms with Gasteiger partial charge in [0.2, 0.25) is 0 Å². The molecule has 12 heavy (non-hydrogen) atoms. The number of pyridine rings is 1. The minimum absolute atomic E-state index is 0.553. The van der Waals surface area contributed by atoms with Gasteiger partial charge < -0.3 is 9.47 Å². The third-order valence-corrected chi connectivity index (χ3v) is 1.46. The maximum absolute atomic E-state index is 5.26. The van der Waals surface area contributed by atoms with Crippen LogP contribution >= 0.6 is 0 Å². The predicted molar refractivity (Wildman–Crippen MR) is 45.3 cm³/mol. The molecule has 1 heterocycles. The van der Waals surface area contributed by atoms with Gasteiger partial charge in [0.05, 0.1) is 26.6 Å². The van der Waals surface area contributed by atoms with E-state index in [4.69, 9.17) is 15.9 Å². The van der Waals surface area contributed by atoms with Crippen molar-refractivity contribution in [2.75, 3.05) is 14.2 Å². The maximum atomic E-state index is 5.26. The first-order valence-corrected chi connectivity index (χ1v) is 3.36. The Labute approximate surface area is 71.3 Å². The molecule has 0 saturated heterocycles. The van der Waals surface area contributed by atoms with Gasteiger partial charge in [0.1, 0.15) is 5.56 Å². The highest BCUT2D eigenvalue weighted by molar-refractivity contribution is 5.52.